The first-order valence-electron chi connectivity index (χ1n) is 9.25. The van der Waals surface area contributed by atoms with Crippen molar-refractivity contribution in [3.63, 3.8) is 0 Å². The van der Waals surface area contributed by atoms with Gasteiger partial charge in [0.15, 0.2) is 0 Å². The van der Waals surface area contributed by atoms with E-state index in [1.54, 1.807) is 6.92 Å². The van der Waals surface area contributed by atoms with E-state index in [-0.39, 0.29) is 28.8 Å². The summed E-state index contributed by atoms with van der Waals surface area (Å²) in [5, 5.41) is 19.9. The van der Waals surface area contributed by atoms with Crippen LogP contribution in [0.15, 0.2) is 48.2 Å². The molecule has 2 aromatic carbocycles. The molecule has 1 unspecified atom stereocenters. The zero-order chi connectivity index (χ0) is 22.2. The summed E-state index contributed by atoms with van der Waals surface area (Å²) >= 11 is 0. The molecule has 7 nitrogen and oxygen atoms in total. The Labute approximate surface area is 172 Å². The van der Waals surface area contributed by atoms with E-state index in [1.165, 1.54) is 54.4 Å². The van der Waals surface area contributed by atoms with Crippen molar-refractivity contribution in [2.24, 2.45) is 5.73 Å². The monoisotopic (exact) mass is 412 g/mol. The summed E-state index contributed by atoms with van der Waals surface area (Å²) in [6, 6.07) is 8.26. The number of aliphatic hydroxyl groups excluding tert-OH is 1. The number of rotatable bonds is 5. The second-order valence-electron chi connectivity index (χ2n) is 7.23. The van der Waals surface area contributed by atoms with Crippen molar-refractivity contribution in [1.29, 1.82) is 0 Å². The second-order valence-corrected chi connectivity index (χ2v) is 7.23. The summed E-state index contributed by atoms with van der Waals surface area (Å²) in [5.74, 6) is -3.50. The standard InChI is InChI=1S/C22H21FN2O5/c1-11-7-19(16(12(2)26)8-15(11)21(24)28)25-10-18(22(29)30)17(9-20(25)27)13-3-5-14(23)6-4-13/h3-8,10,12,17,26H,9H2,1-2H3,(H2,24,28)(H,29,30)/t12?,17-/m0/s1. The Bertz CT molecular complexity index is 1060. The van der Waals surface area contributed by atoms with Crippen molar-refractivity contribution < 1.29 is 29.0 Å². The lowest BCUT2D eigenvalue weighted by Crippen LogP contribution is -2.35. The molecule has 1 heterocycles. The molecule has 3 rings (SSSR count). The number of carbonyl (C=O) groups excluding carboxylic acids is 2. The minimum absolute atomic E-state index is 0.0469. The summed E-state index contributed by atoms with van der Waals surface area (Å²) < 4.78 is 13.3. The second kappa shape index (κ2) is 8.08. The number of carboxylic acid groups (broad SMARTS) is 1. The number of carboxylic acids is 1. The van der Waals surface area contributed by atoms with Gasteiger partial charge in [-0.25, -0.2) is 9.18 Å². The van der Waals surface area contributed by atoms with E-state index in [0.717, 1.165) is 0 Å². The van der Waals surface area contributed by atoms with Gasteiger partial charge in [-0.15, -0.1) is 0 Å². The largest absolute Gasteiger partial charge is 0.478 e. The van der Waals surface area contributed by atoms with Crippen molar-refractivity contribution in [3.8, 4) is 0 Å². The van der Waals surface area contributed by atoms with Crippen molar-refractivity contribution in [1.82, 2.24) is 0 Å². The van der Waals surface area contributed by atoms with Crippen LogP contribution in [0.5, 0.6) is 0 Å². The van der Waals surface area contributed by atoms with Gasteiger partial charge >= 0.3 is 5.97 Å². The maximum atomic E-state index is 13.3. The number of hydrogen-bond donors (Lipinski definition) is 3. The maximum Gasteiger partial charge on any atom is 0.333 e. The Balaban J connectivity index is 2.14. The lowest BCUT2D eigenvalue weighted by Gasteiger charge is -2.31. The van der Waals surface area contributed by atoms with Gasteiger partial charge < -0.3 is 15.9 Å². The highest BCUT2D eigenvalue weighted by Gasteiger charge is 2.34. The highest BCUT2D eigenvalue weighted by Crippen LogP contribution is 2.38. The molecular weight excluding hydrogens is 391 g/mol. The Kier molecular flexibility index (Phi) is 5.71. The van der Waals surface area contributed by atoms with E-state index in [1.807, 2.05) is 0 Å². The van der Waals surface area contributed by atoms with Crippen LogP contribution in [0.1, 0.15) is 52.4 Å². The van der Waals surface area contributed by atoms with Crippen LogP contribution in [-0.2, 0) is 9.59 Å². The molecule has 0 saturated heterocycles. The van der Waals surface area contributed by atoms with Crippen molar-refractivity contribution in [3.05, 3.63) is 76.2 Å². The maximum absolute atomic E-state index is 13.3. The fourth-order valence-electron chi connectivity index (χ4n) is 3.60. The van der Waals surface area contributed by atoms with E-state index in [9.17, 15) is 29.0 Å². The topological polar surface area (TPSA) is 121 Å². The summed E-state index contributed by atoms with van der Waals surface area (Å²) in [7, 11) is 0. The quantitative estimate of drug-likeness (QED) is 0.697. The van der Waals surface area contributed by atoms with Crippen LogP contribution in [-0.4, -0.2) is 28.0 Å². The lowest BCUT2D eigenvalue weighted by atomic mass is 9.85. The van der Waals surface area contributed by atoms with Crippen molar-refractivity contribution >= 4 is 23.5 Å². The van der Waals surface area contributed by atoms with Crippen LogP contribution in [0.2, 0.25) is 0 Å². The van der Waals surface area contributed by atoms with Gasteiger partial charge in [-0.3, -0.25) is 14.5 Å². The highest BCUT2D eigenvalue weighted by atomic mass is 19.1. The van der Waals surface area contributed by atoms with E-state index >= 15 is 0 Å². The molecule has 1 aliphatic heterocycles. The number of aliphatic hydroxyl groups is 1. The van der Waals surface area contributed by atoms with Crippen molar-refractivity contribution in [2.45, 2.75) is 32.3 Å². The first-order valence-corrected chi connectivity index (χ1v) is 9.25. The third-order valence-electron chi connectivity index (χ3n) is 5.16. The molecular formula is C22H21FN2O5. The van der Waals surface area contributed by atoms with Crippen molar-refractivity contribution in [2.75, 3.05) is 4.90 Å². The number of aliphatic carboxylic acids is 1. The fourth-order valence-corrected chi connectivity index (χ4v) is 3.60. The minimum Gasteiger partial charge on any atom is -0.478 e. The van der Waals surface area contributed by atoms with E-state index in [2.05, 4.69) is 0 Å². The average molecular weight is 412 g/mol. The minimum atomic E-state index is -1.22. The van der Waals surface area contributed by atoms with Gasteiger partial charge in [0.25, 0.3) is 0 Å². The zero-order valence-corrected chi connectivity index (χ0v) is 16.4. The Morgan fingerprint density at radius 1 is 1.23 bits per heavy atom. The summed E-state index contributed by atoms with van der Waals surface area (Å²) in [5.41, 5.74) is 7.06. The first kappa shape index (κ1) is 21.2. The van der Waals surface area contributed by atoms with Crippen LogP contribution in [0.4, 0.5) is 10.1 Å². The molecule has 4 N–H and O–H groups in total. The van der Waals surface area contributed by atoms with E-state index < -0.39 is 35.6 Å². The fraction of sp³-hybridized carbons (Fsp3) is 0.227. The highest BCUT2D eigenvalue weighted by molar-refractivity contribution is 6.03. The SMILES string of the molecule is Cc1cc(N2C=C(C(=O)O)[C@H](c3ccc(F)cc3)CC2=O)c(C(C)O)cc1C(N)=O. The van der Waals surface area contributed by atoms with Gasteiger partial charge in [0.1, 0.15) is 5.82 Å². The predicted molar refractivity (Wildman–Crippen MR) is 107 cm³/mol. The number of nitrogens with zero attached hydrogens (tertiary/aromatic N) is 1. The molecule has 0 saturated carbocycles. The molecule has 0 bridgehead atoms. The zero-order valence-electron chi connectivity index (χ0n) is 16.4. The molecule has 0 spiro atoms. The number of aryl methyl sites for hydroxylation is 1. The number of halogens is 1. The molecule has 2 aromatic rings. The molecule has 2 amide bonds. The van der Waals surface area contributed by atoms with Gasteiger partial charge in [0, 0.05) is 29.7 Å². The Morgan fingerprint density at radius 3 is 2.40 bits per heavy atom. The van der Waals surface area contributed by atoms with Crippen LogP contribution >= 0.6 is 0 Å². The Morgan fingerprint density at radius 2 is 1.87 bits per heavy atom. The molecule has 8 heteroatoms. The summed E-state index contributed by atoms with van der Waals surface area (Å²) in [6.07, 6.45) is 0.0230. The summed E-state index contributed by atoms with van der Waals surface area (Å²) in [4.78, 5) is 37.7. The lowest BCUT2D eigenvalue weighted by molar-refractivity contribution is -0.133. The smallest absolute Gasteiger partial charge is 0.333 e. The Hall–Kier alpha value is -3.52. The molecule has 156 valence electrons. The van der Waals surface area contributed by atoms with Gasteiger partial charge in [-0.2, -0.15) is 0 Å². The number of nitrogens with two attached hydrogens (primary N) is 1. The normalized spacial score (nSPS) is 17.5. The van der Waals surface area contributed by atoms with Gasteiger partial charge in [0.05, 0.1) is 17.4 Å². The molecule has 30 heavy (non-hydrogen) atoms. The number of primary amides is 1. The number of amides is 2. The molecule has 0 aromatic heterocycles. The molecule has 0 fully saturated rings. The number of hydrogen-bond acceptors (Lipinski definition) is 4. The number of benzene rings is 2. The van der Waals surface area contributed by atoms with Crippen LogP contribution in [0, 0.1) is 12.7 Å². The van der Waals surface area contributed by atoms with E-state index in [0.29, 0.717) is 11.1 Å². The average Bonchev–Trinajstić information content (AvgIpc) is 2.67. The van der Waals surface area contributed by atoms with Crippen LogP contribution in [0.25, 0.3) is 0 Å². The van der Waals surface area contributed by atoms with E-state index in [4.69, 9.17) is 5.73 Å². The first-order chi connectivity index (χ1) is 14.1. The van der Waals surface area contributed by atoms with Gasteiger partial charge in [-0.05, 0) is 49.2 Å². The third-order valence-corrected chi connectivity index (χ3v) is 5.16. The molecule has 2 atom stereocenters. The third kappa shape index (κ3) is 3.95. The van der Waals surface area contributed by atoms with Gasteiger partial charge in [-0.1, -0.05) is 12.1 Å². The van der Waals surface area contributed by atoms with Gasteiger partial charge in [0.2, 0.25) is 11.8 Å². The van der Waals surface area contributed by atoms with Crippen LogP contribution in [0.3, 0.4) is 0 Å². The molecule has 1 aliphatic rings. The van der Waals surface area contributed by atoms with Crippen LogP contribution < -0.4 is 10.6 Å². The molecule has 0 aliphatic carbocycles. The number of anilines is 1. The molecule has 0 radical (unpaired) electrons. The summed E-state index contributed by atoms with van der Waals surface area (Å²) in [6.45, 7) is 3.10. The predicted octanol–water partition coefficient (Wildman–Crippen LogP) is 2.78. The number of carbonyl (C=O) groups is 3.